The van der Waals surface area contributed by atoms with Crippen LogP contribution in [0.1, 0.15) is 39.0 Å². The molecule has 1 unspecified atom stereocenters. The maximum Gasteiger partial charge on any atom is 0.339 e. The lowest BCUT2D eigenvalue weighted by molar-refractivity contribution is 0.0694. The number of furan rings is 1. The normalized spacial score (nSPS) is 12.6. The Bertz CT molecular complexity index is 547. The molecule has 0 bridgehead atoms. The maximum absolute atomic E-state index is 10.9. The largest absolute Gasteiger partial charge is 0.478 e. The van der Waals surface area contributed by atoms with Crippen LogP contribution in [0.15, 0.2) is 22.9 Å². The summed E-state index contributed by atoms with van der Waals surface area (Å²) in [5, 5.41) is 13.1. The number of aromatic carboxylic acids is 1. The number of aryl methyl sites for hydroxylation is 1. The van der Waals surface area contributed by atoms with E-state index in [1.54, 1.807) is 11.3 Å². The number of nitrogens with one attached hydrogen (secondary N) is 1. The van der Waals surface area contributed by atoms with Gasteiger partial charge in [-0.25, -0.2) is 9.78 Å². The molecule has 2 heterocycles. The number of hydrogen-bond acceptors (Lipinski definition) is 5. The lowest BCUT2D eigenvalue weighted by atomic mass is 10.2. The molecule has 2 aromatic heterocycles. The zero-order valence-corrected chi connectivity index (χ0v) is 11.0. The van der Waals surface area contributed by atoms with Gasteiger partial charge in [-0.2, -0.15) is 0 Å². The van der Waals surface area contributed by atoms with E-state index in [9.17, 15) is 4.79 Å². The van der Waals surface area contributed by atoms with Crippen molar-refractivity contribution in [1.82, 2.24) is 10.3 Å². The summed E-state index contributed by atoms with van der Waals surface area (Å²) in [5.41, 5.74) is 0.199. The van der Waals surface area contributed by atoms with Crippen molar-refractivity contribution >= 4 is 17.3 Å². The topological polar surface area (TPSA) is 75.4 Å². The Balaban J connectivity index is 1.99. The van der Waals surface area contributed by atoms with Gasteiger partial charge in [-0.3, -0.25) is 0 Å². The van der Waals surface area contributed by atoms with Crippen LogP contribution >= 0.6 is 11.3 Å². The van der Waals surface area contributed by atoms with Crippen molar-refractivity contribution in [2.45, 2.75) is 26.4 Å². The summed E-state index contributed by atoms with van der Waals surface area (Å²) in [6.07, 6.45) is 3.21. The minimum absolute atomic E-state index is 0.0652. The summed E-state index contributed by atoms with van der Waals surface area (Å²) in [6.45, 7) is 4.36. The van der Waals surface area contributed by atoms with Gasteiger partial charge in [-0.1, -0.05) is 0 Å². The molecule has 0 radical (unpaired) electrons. The van der Waals surface area contributed by atoms with Crippen LogP contribution in [0.4, 0.5) is 0 Å². The van der Waals surface area contributed by atoms with Crippen molar-refractivity contribution in [2.24, 2.45) is 0 Å². The zero-order valence-electron chi connectivity index (χ0n) is 10.1. The van der Waals surface area contributed by atoms with Crippen LogP contribution in [-0.4, -0.2) is 16.1 Å². The fraction of sp³-hybridized carbons (Fsp3) is 0.333. The van der Waals surface area contributed by atoms with Crippen molar-refractivity contribution < 1.29 is 14.3 Å². The van der Waals surface area contributed by atoms with Gasteiger partial charge in [-0.05, 0) is 19.9 Å². The molecule has 96 valence electrons. The van der Waals surface area contributed by atoms with Crippen molar-refractivity contribution in [3.63, 3.8) is 0 Å². The summed E-state index contributed by atoms with van der Waals surface area (Å²) in [4.78, 5) is 16.3. The van der Waals surface area contributed by atoms with Crippen molar-refractivity contribution in [1.29, 1.82) is 0 Å². The number of carbonyl (C=O) groups is 1. The number of aromatic nitrogens is 1. The molecule has 0 aliphatic carbocycles. The van der Waals surface area contributed by atoms with Crippen LogP contribution in [0.3, 0.4) is 0 Å². The first-order valence-corrected chi connectivity index (χ1v) is 6.35. The molecular weight excluding hydrogens is 252 g/mol. The highest BCUT2D eigenvalue weighted by Gasteiger charge is 2.15. The predicted octanol–water partition coefficient (Wildman–Crippen LogP) is 2.59. The van der Waals surface area contributed by atoms with Gasteiger partial charge in [0.1, 0.15) is 16.3 Å². The second kappa shape index (κ2) is 5.32. The Hall–Kier alpha value is -1.66. The predicted molar refractivity (Wildman–Crippen MR) is 67.8 cm³/mol. The van der Waals surface area contributed by atoms with Crippen LogP contribution in [0.2, 0.25) is 0 Å². The van der Waals surface area contributed by atoms with E-state index < -0.39 is 5.97 Å². The Labute approximate surface area is 108 Å². The zero-order chi connectivity index (χ0) is 13.1. The van der Waals surface area contributed by atoms with E-state index in [-0.39, 0.29) is 11.6 Å². The molecular formula is C12H14N2O3S. The highest BCUT2D eigenvalue weighted by atomic mass is 32.1. The average molecular weight is 266 g/mol. The summed E-state index contributed by atoms with van der Waals surface area (Å²) >= 11 is 1.62. The molecule has 18 heavy (non-hydrogen) atoms. The minimum atomic E-state index is -0.974. The van der Waals surface area contributed by atoms with Gasteiger partial charge in [-0.15, -0.1) is 11.3 Å². The molecule has 2 aromatic rings. The van der Waals surface area contributed by atoms with Crippen LogP contribution in [0.25, 0.3) is 0 Å². The average Bonchev–Trinajstić information content (AvgIpc) is 2.94. The Kier molecular flexibility index (Phi) is 3.78. The van der Waals surface area contributed by atoms with E-state index in [2.05, 4.69) is 10.3 Å². The van der Waals surface area contributed by atoms with Crippen molar-refractivity contribution in [3.8, 4) is 0 Å². The molecule has 0 aliphatic heterocycles. The molecule has 0 fully saturated rings. The molecule has 2 rings (SSSR count). The molecule has 0 spiro atoms. The fourth-order valence-electron chi connectivity index (χ4n) is 1.57. The lowest BCUT2D eigenvalue weighted by Crippen LogP contribution is -2.18. The molecule has 2 N–H and O–H groups in total. The maximum atomic E-state index is 10.9. The number of rotatable bonds is 5. The molecule has 6 heteroatoms. The van der Waals surface area contributed by atoms with Gasteiger partial charge < -0.3 is 14.8 Å². The number of nitrogens with zero attached hydrogens (tertiary/aromatic N) is 1. The minimum Gasteiger partial charge on any atom is -0.478 e. The van der Waals surface area contributed by atoms with Gasteiger partial charge in [0.15, 0.2) is 0 Å². The second-order valence-electron chi connectivity index (χ2n) is 3.97. The standard InChI is InChI=1S/C12H14N2O3S/c1-7-5-14-11(18-7)8(2)13-6-10-9(12(15)16)3-4-17-10/h3-5,8,13H,6H2,1-2H3,(H,15,16). The van der Waals surface area contributed by atoms with Crippen molar-refractivity contribution in [3.05, 3.63) is 39.7 Å². The summed E-state index contributed by atoms with van der Waals surface area (Å²) in [6, 6.07) is 1.52. The third-order valence-electron chi connectivity index (χ3n) is 2.55. The molecule has 0 aromatic carbocycles. The van der Waals surface area contributed by atoms with E-state index in [0.717, 1.165) is 9.88 Å². The highest BCUT2D eigenvalue weighted by molar-refractivity contribution is 7.11. The number of carboxylic acids is 1. The number of carboxylic acid groups (broad SMARTS) is 1. The van der Waals surface area contributed by atoms with E-state index in [1.165, 1.54) is 12.3 Å². The van der Waals surface area contributed by atoms with Crippen LogP contribution in [0, 0.1) is 6.92 Å². The monoisotopic (exact) mass is 266 g/mol. The van der Waals surface area contributed by atoms with Crippen LogP contribution < -0.4 is 5.32 Å². The van der Waals surface area contributed by atoms with E-state index in [4.69, 9.17) is 9.52 Å². The van der Waals surface area contributed by atoms with Gasteiger partial charge >= 0.3 is 5.97 Å². The third-order valence-corrected chi connectivity index (χ3v) is 3.65. The molecule has 1 atom stereocenters. The van der Waals surface area contributed by atoms with Crippen molar-refractivity contribution in [2.75, 3.05) is 0 Å². The third kappa shape index (κ3) is 2.77. The summed E-state index contributed by atoms with van der Waals surface area (Å²) in [7, 11) is 0. The van der Waals surface area contributed by atoms with E-state index >= 15 is 0 Å². The van der Waals surface area contributed by atoms with Gasteiger partial charge in [0, 0.05) is 11.1 Å². The first kappa shape index (κ1) is 12.8. The van der Waals surface area contributed by atoms with Crippen LogP contribution in [-0.2, 0) is 6.54 Å². The van der Waals surface area contributed by atoms with E-state index in [1.807, 2.05) is 20.0 Å². The number of thiazole rings is 1. The Morgan fingerprint density at radius 3 is 3.06 bits per heavy atom. The van der Waals surface area contributed by atoms with Gasteiger partial charge in [0.05, 0.1) is 18.8 Å². The Morgan fingerprint density at radius 1 is 1.67 bits per heavy atom. The second-order valence-corrected chi connectivity index (χ2v) is 5.24. The molecule has 5 nitrogen and oxygen atoms in total. The molecule has 0 saturated carbocycles. The lowest BCUT2D eigenvalue weighted by Gasteiger charge is -2.09. The summed E-state index contributed by atoms with van der Waals surface area (Å²) < 4.78 is 5.16. The first-order chi connectivity index (χ1) is 8.58. The smallest absolute Gasteiger partial charge is 0.339 e. The van der Waals surface area contributed by atoms with Crippen LogP contribution in [0.5, 0.6) is 0 Å². The molecule has 0 aliphatic rings. The van der Waals surface area contributed by atoms with Gasteiger partial charge in [0.2, 0.25) is 0 Å². The first-order valence-electron chi connectivity index (χ1n) is 5.53. The number of hydrogen-bond donors (Lipinski definition) is 2. The SMILES string of the molecule is Cc1cnc(C(C)NCc2occc2C(=O)O)s1. The summed E-state index contributed by atoms with van der Waals surface area (Å²) in [5.74, 6) is -0.541. The fourth-order valence-corrected chi connectivity index (χ4v) is 2.37. The Morgan fingerprint density at radius 2 is 2.44 bits per heavy atom. The molecule has 0 amide bonds. The molecule has 0 saturated heterocycles. The van der Waals surface area contributed by atoms with Gasteiger partial charge in [0.25, 0.3) is 0 Å². The highest BCUT2D eigenvalue weighted by Crippen LogP contribution is 2.20. The quantitative estimate of drug-likeness (QED) is 0.870. The van der Waals surface area contributed by atoms with E-state index in [0.29, 0.717) is 12.3 Å².